The molecule has 1 saturated heterocycles. The topological polar surface area (TPSA) is 66.4 Å². The number of aromatic nitrogens is 2. The molecule has 0 aromatic carbocycles. The van der Waals surface area contributed by atoms with E-state index >= 15 is 0 Å². The van der Waals surface area contributed by atoms with E-state index in [0.29, 0.717) is 23.9 Å². The molecular weight excluding hydrogens is 288 g/mol. The lowest BCUT2D eigenvalue weighted by Crippen LogP contribution is -2.40. The van der Waals surface area contributed by atoms with Gasteiger partial charge in [-0.15, -0.1) is 0 Å². The lowest BCUT2D eigenvalue weighted by molar-refractivity contribution is 0.352. The highest BCUT2D eigenvalue weighted by Crippen LogP contribution is 2.33. The summed E-state index contributed by atoms with van der Waals surface area (Å²) in [4.78, 5) is 8.49. The number of aryl methyl sites for hydroxylation is 1. The maximum absolute atomic E-state index is 12.2. The first-order chi connectivity index (χ1) is 8.82. The van der Waals surface area contributed by atoms with Crippen molar-refractivity contribution in [1.82, 2.24) is 18.6 Å². The Morgan fingerprint density at radius 2 is 2.11 bits per heavy atom. The van der Waals surface area contributed by atoms with Crippen molar-refractivity contribution in [2.24, 2.45) is 0 Å². The van der Waals surface area contributed by atoms with E-state index in [-0.39, 0.29) is 6.04 Å². The van der Waals surface area contributed by atoms with Crippen molar-refractivity contribution in [2.75, 3.05) is 20.6 Å². The molecule has 1 aromatic heterocycles. The minimum absolute atomic E-state index is 0.329. The summed E-state index contributed by atoms with van der Waals surface area (Å²) in [7, 11) is -0.411. The highest BCUT2D eigenvalue weighted by Gasteiger charge is 2.38. The zero-order chi connectivity index (χ0) is 14.2. The van der Waals surface area contributed by atoms with Crippen LogP contribution in [0, 0.1) is 6.92 Å². The van der Waals surface area contributed by atoms with Gasteiger partial charge in [-0.3, -0.25) is 0 Å². The normalized spacial score (nSPS) is 21.2. The predicted octanol–water partition coefficient (Wildman–Crippen LogP) is 1.38. The average molecular weight is 305 g/mol. The summed E-state index contributed by atoms with van der Waals surface area (Å²) in [6, 6.07) is 1.33. The number of halogens is 1. The van der Waals surface area contributed by atoms with E-state index in [9.17, 15) is 8.42 Å². The zero-order valence-corrected chi connectivity index (χ0v) is 12.7. The van der Waals surface area contributed by atoms with Gasteiger partial charge in [0.15, 0.2) is 0 Å². The van der Waals surface area contributed by atoms with E-state index in [4.69, 9.17) is 11.6 Å². The fourth-order valence-electron chi connectivity index (χ4n) is 2.19. The molecule has 0 bridgehead atoms. The van der Waals surface area contributed by atoms with Crippen LogP contribution in [0.5, 0.6) is 0 Å². The van der Waals surface area contributed by atoms with Gasteiger partial charge in [-0.25, -0.2) is 9.97 Å². The van der Waals surface area contributed by atoms with Crippen LogP contribution in [0.15, 0.2) is 6.07 Å². The fourth-order valence-corrected chi connectivity index (χ4v) is 3.73. The molecule has 106 valence electrons. The van der Waals surface area contributed by atoms with Gasteiger partial charge in [0.2, 0.25) is 0 Å². The van der Waals surface area contributed by atoms with Gasteiger partial charge < -0.3 is 0 Å². The molecule has 8 heteroatoms. The van der Waals surface area contributed by atoms with E-state index in [2.05, 4.69) is 9.97 Å². The maximum atomic E-state index is 12.2. The summed E-state index contributed by atoms with van der Waals surface area (Å²) in [5, 5.41) is 0.344. The van der Waals surface area contributed by atoms with E-state index in [0.717, 1.165) is 12.1 Å². The Morgan fingerprint density at radius 3 is 2.68 bits per heavy atom. The van der Waals surface area contributed by atoms with E-state index in [1.165, 1.54) is 22.7 Å². The van der Waals surface area contributed by atoms with Crippen LogP contribution in [-0.4, -0.2) is 47.6 Å². The smallest absolute Gasteiger partial charge is 0.236 e. The molecule has 2 heterocycles. The first-order valence-electron chi connectivity index (χ1n) is 6.03. The molecule has 2 rings (SSSR count). The summed E-state index contributed by atoms with van der Waals surface area (Å²) >= 11 is 5.92. The van der Waals surface area contributed by atoms with E-state index < -0.39 is 10.2 Å². The van der Waals surface area contributed by atoms with Crippen LogP contribution in [0.2, 0.25) is 5.15 Å². The Labute approximate surface area is 118 Å². The van der Waals surface area contributed by atoms with Crippen LogP contribution in [0.4, 0.5) is 0 Å². The van der Waals surface area contributed by atoms with Gasteiger partial charge in [-0.1, -0.05) is 11.6 Å². The molecule has 0 spiro atoms. The van der Waals surface area contributed by atoms with Gasteiger partial charge >= 0.3 is 0 Å². The SMILES string of the molecule is Cc1cc(Cl)nc(C2CCCN2S(=O)(=O)N(C)C)n1. The van der Waals surface area contributed by atoms with Gasteiger partial charge in [0.05, 0.1) is 6.04 Å². The Balaban J connectivity index is 2.39. The molecular formula is C11H17ClN4O2S. The standard InChI is InChI=1S/C11H17ClN4O2S/c1-8-7-10(12)14-11(13-8)9-5-4-6-16(9)19(17,18)15(2)3/h7,9H,4-6H2,1-3H3. The second kappa shape index (κ2) is 5.32. The Morgan fingerprint density at radius 1 is 1.42 bits per heavy atom. The first-order valence-corrected chi connectivity index (χ1v) is 7.80. The molecule has 19 heavy (non-hydrogen) atoms. The van der Waals surface area contributed by atoms with E-state index in [1.54, 1.807) is 6.07 Å². The Hall–Kier alpha value is -0.760. The lowest BCUT2D eigenvalue weighted by Gasteiger charge is -2.26. The van der Waals surface area contributed by atoms with Crippen LogP contribution in [0.3, 0.4) is 0 Å². The first kappa shape index (κ1) is 14.6. The zero-order valence-electron chi connectivity index (χ0n) is 11.2. The highest BCUT2D eigenvalue weighted by molar-refractivity contribution is 7.86. The van der Waals surface area contributed by atoms with Crippen LogP contribution in [0.1, 0.15) is 30.4 Å². The third kappa shape index (κ3) is 2.89. The van der Waals surface area contributed by atoms with Crippen LogP contribution >= 0.6 is 11.6 Å². The number of hydrogen-bond donors (Lipinski definition) is 0. The van der Waals surface area contributed by atoms with Crippen molar-refractivity contribution in [3.8, 4) is 0 Å². The average Bonchev–Trinajstić information content (AvgIpc) is 2.76. The minimum Gasteiger partial charge on any atom is -0.236 e. The monoisotopic (exact) mass is 304 g/mol. The molecule has 1 fully saturated rings. The molecule has 1 aromatic rings. The second-order valence-electron chi connectivity index (χ2n) is 4.75. The molecule has 6 nitrogen and oxygen atoms in total. The van der Waals surface area contributed by atoms with Crippen molar-refractivity contribution in [2.45, 2.75) is 25.8 Å². The number of hydrogen-bond acceptors (Lipinski definition) is 4. The molecule has 0 aliphatic carbocycles. The summed E-state index contributed by atoms with van der Waals surface area (Å²) in [5.41, 5.74) is 0.740. The molecule has 1 aliphatic heterocycles. The van der Waals surface area contributed by atoms with Crippen molar-refractivity contribution in [3.63, 3.8) is 0 Å². The van der Waals surface area contributed by atoms with Crippen LogP contribution < -0.4 is 0 Å². The lowest BCUT2D eigenvalue weighted by atomic mass is 10.2. The second-order valence-corrected chi connectivity index (χ2v) is 7.23. The third-order valence-electron chi connectivity index (χ3n) is 3.10. The van der Waals surface area contributed by atoms with Gasteiger partial charge in [0.25, 0.3) is 10.2 Å². The summed E-state index contributed by atoms with van der Waals surface area (Å²) in [5.74, 6) is 0.480. The Kier molecular flexibility index (Phi) is 4.10. The van der Waals surface area contributed by atoms with E-state index in [1.807, 2.05) is 6.92 Å². The third-order valence-corrected chi connectivity index (χ3v) is 5.25. The van der Waals surface area contributed by atoms with Crippen LogP contribution in [0.25, 0.3) is 0 Å². The predicted molar refractivity (Wildman–Crippen MR) is 73.1 cm³/mol. The summed E-state index contributed by atoms with van der Waals surface area (Å²) < 4.78 is 27.2. The minimum atomic E-state index is -3.46. The fraction of sp³-hybridized carbons (Fsp3) is 0.636. The maximum Gasteiger partial charge on any atom is 0.282 e. The van der Waals surface area contributed by atoms with Gasteiger partial charge in [0, 0.05) is 26.3 Å². The van der Waals surface area contributed by atoms with Gasteiger partial charge in [-0.2, -0.15) is 17.0 Å². The molecule has 1 atom stereocenters. The Bertz CT molecular complexity index is 556. The van der Waals surface area contributed by atoms with Crippen molar-refractivity contribution in [3.05, 3.63) is 22.7 Å². The molecule has 1 aliphatic rings. The largest absolute Gasteiger partial charge is 0.282 e. The van der Waals surface area contributed by atoms with Gasteiger partial charge in [0.1, 0.15) is 11.0 Å². The van der Waals surface area contributed by atoms with Gasteiger partial charge in [-0.05, 0) is 25.8 Å². The van der Waals surface area contributed by atoms with Crippen molar-refractivity contribution in [1.29, 1.82) is 0 Å². The molecule has 0 saturated carbocycles. The molecule has 0 radical (unpaired) electrons. The summed E-state index contributed by atoms with van der Waals surface area (Å²) in [6.45, 7) is 2.30. The van der Waals surface area contributed by atoms with Crippen LogP contribution in [-0.2, 0) is 10.2 Å². The molecule has 0 amide bonds. The highest BCUT2D eigenvalue weighted by atomic mass is 35.5. The number of nitrogens with zero attached hydrogens (tertiary/aromatic N) is 4. The van der Waals surface area contributed by atoms with Crippen molar-refractivity contribution < 1.29 is 8.42 Å². The summed E-state index contributed by atoms with van der Waals surface area (Å²) in [6.07, 6.45) is 1.51. The number of rotatable bonds is 3. The quantitative estimate of drug-likeness (QED) is 0.791. The molecule has 0 N–H and O–H groups in total. The van der Waals surface area contributed by atoms with Crippen molar-refractivity contribution >= 4 is 21.8 Å². The molecule has 1 unspecified atom stereocenters.